The second-order valence-corrected chi connectivity index (χ2v) is 5.88. The first-order valence-corrected chi connectivity index (χ1v) is 7.24. The van der Waals surface area contributed by atoms with Gasteiger partial charge in [-0.1, -0.05) is 13.0 Å². The fourth-order valence-corrected chi connectivity index (χ4v) is 2.92. The molecular formula is C15H21F3N2O. The van der Waals surface area contributed by atoms with Gasteiger partial charge in [-0.15, -0.1) is 0 Å². The highest BCUT2D eigenvalue weighted by Crippen LogP contribution is 2.33. The number of alkyl halides is 3. The van der Waals surface area contributed by atoms with Crippen molar-refractivity contribution in [1.29, 1.82) is 0 Å². The molecule has 0 unspecified atom stereocenters. The van der Waals surface area contributed by atoms with Crippen LogP contribution in [-0.2, 0) is 12.7 Å². The predicted octanol–water partition coefficient (Wildman–Crippen LogP) is 3.08. The van der Waals surface area contributed by atoms with E-state index in [-0.39, 0.29) is 12.0 Å². The van der Waals surface area contributed by atoms with Crippen LogP contribution in [0.4, 0.5) is 13.2 Å². The van der Waals surface area contributed by atoms with Gasteiger partial charge in [-0.3, -0.25) is 9.88 Å². The summed E-state index contributed by atoms with van der Waals surface area (Å²) in [6.07, 6.45) is -0.183. The van der Waals surface area contributed by atoms with E-state index in [1.807, 2.05) is 0 Å². The molecule has 1 saturated heterocycles. The molecular weight excluding hydrogens is 281 g/mol. The van der Waals surface area contributed by atoms with Crippen LogP contribution in [0, 0.1) is 5.41 Å². The van der Waals surface area contributed by atoms with Gasteiger partial charge in [0.1, 0.15) is 5.69 Å². The van der Waals surface area contributed by atoms with E-state index in [2.05, 4.69) is 16.8 Å². The van der Waals surface area contributed by atoms with Gasteiger partial charge in [-0.25, -0.2) is 0 Å². The number of likely N-dealkylation sites (tertiary alicyclic amines) is 1. The molecule has 2 heterocycles. The zero-order valence-electron chi connectivity index (χ0n) is 12.2. The monoisotopic (exact) mass is 302 g/mol. The van der Waals surface area contributed by atoms with Gasteiger partial charge in [-0.05, 0) is 37.4 Å². The summed E-state index contributed by atoms with van der Waals surface area (Å²) in [6, 6.07) is 2.51. The molecule has 0 amide bonds. The first-order valence-electron chi connectivity index (χ1n) is 7.24. The van der Waals surface area contributed by atoms with E-state index in [1.165, 1.54) is 12.3 Å². The van der Waals surface area contributed by atoms with Crippen molar-refractivity contribution in [2.45, 2.75) is 38.9 Å². The highest BCUT2D eigenvalue weighted by atomic mass is 19.4. The van der Waals surface area contributed by atoms with Gasteiger partial charge < -0.3 is 5.11 Å². The van der Waals surface area contributed by atoms with E-state index < -0.39 is 11.9 Å². The molecule has 2 rings (SSSR count). The molecule has 0 aliphatic carbocycles. The Hall–Kier alpha value is -1.14. The van der Waals surface area contributed by atoms with E-state index >= 15 is 0 Å². The minimum absolute atomic E-state index is 0.0718. The van der Waals surface area contributed by atoms with E-state index in [0.29, 0.717) is 6.54 Å². The molecule has 1 aromatic rings. The van der Waals surface area contributed by atoms with Crippen molar-refractivity contribution in [3.8, 4) is 0 Å². The standard InChI is InChI=1S/C15H21F3N2O/c1-2-14(11-21)6-3-7-20(10-14)9-12-4-5-13(19-8-12)15(16,17)18/h4-5,8,21H,2-3,6-7,9-11H2,1H3/t14-/m1/s1. The smallest absolute Gasteiger partial charge is 0.396 e. The average Bonchev–Trinajstić information content (AvgIpc) is 2.47. The summed E-state index contributed by atoms with van der Waals surface area (Å²) in [5, 5.41) is 9.59. The maximum absolute atomic E-state index is 12.5. The SMILES string of the molecule is CC[C@@]1(CO)CCCN(Cc2ccc(C(F)(F)F)nc2)C1. The summed E-state index contributed by atoms with van der Waals surface area (Å²) < 4.78 is 37.4. The number of aliphatic hydroxyl groups is 1. The lowest BCUT2D eigenvalue weighted by Gasteiger charge is -2.41. The second-order valence-electron chi connectivity index (χ2n) is 5.88. The summed E-state index contributed by atoms with van der Waals surface area (Å²) in [5.74, 6) is 0. The highest BCUT2D eigenvalue weighted by molar-refractivity contribution is 5.16. The zero-order chi connectivity index (χ0) is 15.5. The van der Waals surface area contributed by atoms with Gasteiger partial charge in [0.25, 0.3) is 0 Å². The largest absolute Gasteiger partial charge is 0.433 e. The maximum atomic E-state index is 12.5. The van der Waals surface area contributed by atoms with E-state index in [1.54, 1.807) is 0 Å². The topological polar surface area (TPSA) is 36.4 Å². The molecule has 0 aromatic carbocycles. The number of aromatic nitrogens is 1. The number of pyridine rings is 1. The predicted molar refractivity (Wildman–Crippen MR) is 73.6 cm³/mol. The van der Waals surface area contributed by atoms with Gasteiger partial charge in [-0.2, -0.15) is 13.2 Å². The number of rotatable bonds is 4. The lowest BCUT2D eigenvalue weighted by atomic mass is 9.78. The van der Waals surface area contributed by atoms with Gasteiger partial charge in [0.05, 0.1) is 0 Å². The molecule has 6 heteroatoms. The summed E-state index contributed by atoms with van der Waals surface area (Å²) in [5.41, 5.74) is -0.159. The number of hydrogen-bond donors (Lipinski definition) is 1. The number of nitrogens with zero attached hydrogens (tertiary/aromatic N) is 2. The molecule has 0 radical (unpaired) electrons. The van der Waals surface area contributed by atoms with Crippen LogP contribution in [0.5, 0.6) is 0 Å². The molecule has 1 aliphatic heterocycles. The van der Waals surface area contributed by atoms with Crippen molar-refractivity contribution in [3.05, 3.63) is 29.6 Å². The summed E-state index contributed by atoms with van der Waals surface area (Å²) in [6.45, 7) is 4.49. The summed E-state index contributed by atoms with van der Waals surface area (Å²) >= 11 is 0. The van der Waals surface area contributed by atoms with Gasteiger partial charge in [0, 0.05) is 31.3 Å². The minimum atomic E-state index is -4.39. The van der Waals surface area contributed by atoms with Crippen LogP contribution in [0.3, 0.4) is 0 Å². The van der Waals surface area contributed by atoms with Crippen molar-refractivity contribution >= 4 is 0 Å². The fourth-order valence-electron chi connectivity index (χ4n) is 2.92. The molecule has 0 saturated carbocycles. The maximum Gasteiger partial charge on any atom is 0.433 e. The van der Waals surface area contributed by atoms with Crippen LogP contribution in [0.1, 0.15) is 37.4 Å². The highest BCUT2D eigenvalue weighted by Gasteiger charge is 2.34. The Bertz CT molecular complexity index is 455. The van der Waals surface area contributed by atoms with Crippen molar-refractivity contribution in [1.82, 2.24) is 9.88 Å². The van der Waals surface area contributed by atoms with Gasteiger partial charge in [0.15, 0.2) is 0 Å². The first-order chi connectivity index (χ1) is 9.88. The third-order valence-electron chi connectivity index (χ3n) is 4.35. The van der Waals surface area contributed by atoms with Crippen molar-refractivity contribution < 1.29 is 18.3 Å². The van der Waals surface area contributed by atoms with Crippen LogP contribution in [0.25, 0.3) is 0 Å². The van der Waals surface area contributed by atoms with Crippen LogP contribution < -0.4 is 0 Å². The Morgan fingerprint density at radius 1 is 1.38 bits per heavy atom. The zero-order valence-corrected chi connectivity index (χ0v) is 12.2. The Kier molecular flexibility index (Phi) is 4.88. The Morgan fingerprint density at radius 3 is 2.67 bits per heavy atom. The van der Waals surface area contributed by atoms with Crippen molar-refractivity contribution in [3.63, 3.8) is 0 Å². The Labute approximate surface area is 122 Å². The van der Waals surface area contributed by atoms with E-state index in [9.17, 15) is 18.3 Å². The second kappa shape index (κ2) is 6.32. The number of hydrogen-bond acceptors (Lipinski definition) is 3. The van der Waals surface area contributed by atoms with Gasteiger partial charge in [0.2, 0.25) is 0 Å². The van der Waals surface area contributed by atoms with Crippen LogP contribution >= 0.6 is 0 Å². The molecule has 0 bridgehead atoms. The van der Waals surface area contributed by atoms with E-state index in [0.717, 1.165) is 44.0 Å². The van der Waals surface area contributed by atoms with Crippen LogP contribution in [0.2, 0.25) is 0 Å². The fraction of sp³-hybridized carbons (Fsp3) is 0.667. The number of piperidine rings is 1. The molecule has 118 valence electrons. The molecule has 1 fully saturated rings. The first kappa shape index (κ1) is 16.2. The molecule has 0 spiro atoms. The van der Waals surface area contributed by atoms with E-state index in [4.69, 9.17) is 0 Å². The summed E-state index contributed by atoms with van der Waals surface area (Å²) in [7, 11) is 0. The van der Waals surface area contributed by atoms with Crippen molar-refractivity contribution in [2.75, 3.05) is 19.7 Å². The third-order valence-corrected chi connectivity index (χ3v) is 4.35. The van der Waals surface area contributed by atoms with Gasteiger partial charge >= 0.3 is 6.18 Å². The average molecular weight is 302 g/mol. The van der Waals surface area contributed by atoms with Crippen LogP contribution in [-0.4, -0.2) is 34.7 Å². The van der Waals surface area contributed by atoms with Crippen molar-refractivity contribution in [2.24, 2.45) is 5.41 Å². The molecule has 1 atom stereocenters. The molecule has 21 heavy (non-hydrogen) atoms. The van der Waals surface area contributed by atoms with Crippen LogP contribution in [0.15, 0.2) is 18.3 Å². The lowest BCUT2D eigenvalue weighted by Crippen LogP contribution is -2.44. The molecule has 1 N–H and O–H groups in total. The third kappa shape index (κ3) is 3.95. The summed E-state index contributed by atoms with van der Waals surface area (Å²) in [4.78, 5) is 5.68. The molecule has 1 aliphatic rings. The Balaban J connectivity index is 2.01. The molecule has 3 nitrogen and oxygen atoms in total. The lowest BCUT2D eigenvalue weighted by molar-refractivity contribution is -0.141. The number of aliphatic hydroxyl groups excluding tert-OH is 1. The quantitative estimate of drug-likeness (QED) is 0.928. The normalized spacial score (nSPS) is 24.2. The molecule has 1 aromatic heterocycles. The Morgan fingerprint density at radius 2 is 2.14 bits per heavy atom. The number of halogens is 3. The minimum Gasteiger partial charge on any atom is -0.396 e.